The molecule has 0 aliphatic carbocycles. The molecule has 4 N–H and O–H groups in total. The maximum absolute atomic E-state index is 9.43. The van der Waals surface area contributed by atoms with E-state index in [-0.39, 0.29) is 18.6 Å². The summed E-state index contributed by atoms with van der Waals surface area (Å²) in [4.78, 5) is 13.3. The van der Waals surface area contributed by atoms with Gasteiger partial charge in [-0.05, 0) is 12.8 Å². The zero-order valence-corrected chi connectivity index (χ0v) is 10.3. The van der Waals surface area contributed by atoms with Gasteiger partial charge >= 0.3 is 0 Å². The highest BCUT2D eigenvalue weighted by Gasteiger charge is 2.28. The average Bonchev–Trinajstić information content (AvgIpc) is 3.03. The minimum Gasteiger partial charge on any atom is -0.394 e. The number of anilines is 2. The molecule has 1 fully saturated rings. The first-order valence-corrected chi connectivity index (χ1v) is 6.16. The lowest BCUT2D eigenvalue weighted by molar-refractivity contribution is 0.266. The van der Waals surface area contributed by atoms with Crippen LogP contribution >= 0.6 is 0 Å². The van der Waals surface area contributed by atoms with Gasteiger partial charge in [-0.1, -0.05) is 0 Å². The van der Waals surface area contributed by atoms with Crippen LogP contribution in [-0.4, -0.2) is 39.3 Å². The molecule has 0 saturated carbocycles. The molecule has 0 aromatic carbocycles. The van der Waals surface area contributed by atoms with Gasteiger partial charge < -0.3 is 20.7 Å². The van der Waals surface area contributed by atoms with Crippen molar-refractivity contribution in [3.05, 3.63) is 11.8 Å². The number of aliphatic hydroxyl groups is 1. The number of hydrogen-bond acceptors (Lipinski definition) is 6. The fourth-order valence-electron chi connectivity index (χ4n) is 2.63. The van der Waals surface area contributed by atoms with Crippen LogP contribution < -0.4 is 10.6 Å². The summed E-state index contributed by atoms with van der Waals surface area (Å²) < 4.78 is 0. The lowest BCUT2D eigenvalue weighted by Gasteiger charge is -2.24. The Labute approximate surface area is 109 Å². The number of H-pyrrole nitrogens is 1. The van der Waals surface area contributed by atoms with Gasteiger partial charge in [0, 0.05) is 12.7 Å². The second-order valence-corrected chi connectivity index (χ2v) is 4.62. The summed E-state index contributed by atoms with van der Waals surface area (Å²) in [5, 5.41) is 19.3. The number of hydrogen-bond donors (Lipinski definition) is 3. The number of fused-ring (bicyclic) bond motifs is 1. The maximum atomic E-state index is 9.43. The molecular weight excluding hydrogens is 244 g/mol. The van der Waals surface area contributed by atoms with Crippen molar-refractivity contribution in [1.82, 2.24) is 15.0 Å². The van der Waals surface area contributed by atoms with Gasteiger partial charge in [0.2, 0.25) is 5.95 Å². The SMILES string of the molecule is N#Cc1c[nH]c2nc(N)nc(N3CCC[C@@H]3CO)c12. The summed E-state index contributed by atoms with van der Waals surface area (Å²) in [7, 11) is 0. The number of nitrogen functional groups attached to an aromatic ring is 1. The molecule has 2 aromatic heterocycles. The third kappa shape index (κ3) is 1.77. The van der Waals surface area contributed by atoms with E-state index < -0.39 is 0 Å². The summed E-state index contributed by atoms with van der Waals surface area (Å²) in [6.45, 7) is 0.866. The summed E-state index contributed by atoms with van der Waals surface area (Å²) in [6, 6.07) is 2.15. The van der Waals surface area contributed by atoms with Gasteiger partial charge in [-0.25, -0.2) is 0 Å². The first kappa shape index (κ1) is 11.7. The molecule has 2 aromatic rings. The molecule has 0 spiro atoms. The largest absolute Gasteiger partial charge is 0.394 e. The first-order chi connectivity index (χ1) is 9.24. The van der Waals surface area contributed by atoms with Crippen molar-refractivity contribution in [3.63, 3.8) is 0 Å². The number of nitrogens with two attached hydrogens (primary N) is 1. The third-order valence-electron chi connectivity index (χ3n) is 3.51. The molecule has 19 heavy (non-hydrogen) atoms. The van der Waals surface area contributed by atoms with Crippen LogP contribution in [0.3, 0.4) is 0 Å². The number of aromatic nitrogens is 3. The highest BCUT2D eigenvalue weighted by atomic mass is 16.3. The molecule has 1 aliphatic heterocycles. The van der Waals surface area contributed by atoms with Crippen LogP contribution in [0, 0.1) is 11.3 Å². The Kier molecular flexibility index (Phi) is 2.72. The van der Waals surface area contributed by atoms with Gasteiger partial charge in [0.05, 0.1) is 23.6 Å². The van der Waals surface area contributed by atoms with E-state index in [1.165, 1.54) is 0 Å². The Bertz CT molecular complexity index is 658. The smallest absolute Gasteiger partial charge is 0.223 e. The summed E-state index contributed by atoms with van der Waals surface area (Å²) >= 11 is 0. The van der Waals surface area contributed by atoms with Crippen molar-refractivity contribution in [3.8, 4) is 6.07 Å². The van der Waals surface area contributed by atoms with Gasteiger partial charge in [-0.15, -0.1) is 0 Å². The van der Waals surface area contributed by atoms with Gasteiger partial charge in [0.1, 0.15) is 17.5 Å². The van der Waals surface area contributed by atoms with Crippen molar-refractivity contribution in [1.29, 1.82) is 5.26 Å². The maximum Gasteiger partial charge on any atom is 0.223 e. The quantitative estimate of drug-likeness (QED) is 0.717. The van der Waals surface area contributed by atoms with Crippen molar-refractivity contribution >= 4 is 22.8 Å². The van der Waals surface area contributed by atoms with Crippen LogP contribution in [0.1, 0.15) is 18.4 Å². The predicted octanol–water partition coefficient (Wildman–Crippen LogP) is 0.373. The van der Waals surface area contributed by atoms with E-state index in [1.54, 1.807) is 6.20 Å². The Balaban J connectivity index is 2.21. The second-order valence-electron chi connectivity index (χ2n) is 4.62. The number of aromatic amines is 1. The normalized spacial score (nSPS) is 18.9. The zero-order valence-electron chi connectivity index (χ0n) is 10.3. The van der Waals surface area contributed by atoms with E-state index in [0.717, 1.165) is 19.4 Å². The van der Waals surface area contributed by atoms with Crippen LogP contribution in [0.15, 0.2) is 6.20 Å². The lowest BCUT2D eigenvalue weighted by atomic mass is 10.2. The van der Waals surface area contributed by atoms with Crippen LogP contribution in [0.5, 0.6) is 0 Å². The summed E-state index contributed by atoms with van der Waals surface area (Å²) in [5.74, 6) is 0.800. The molecule has 0 amide bonds. The number of nitrogens with zero attached hydrogens (tertiary/aromatic N) is 4. The monoisotopic (exact) mass is 258 g/mol. The van der Waals surface area contributed by atoms with Crippen molar-refractivity contribution in [2.75, 3.05) is 23.8 Å². The molecular formula is C12H14N6O. The zero-order chi connectivity index (χ0) is 13.4. The molecule has 3 rings (SSSR count). The lowest BCUT2D eigenvalue weighted by Crippen LogP contribution is -2.33. The van der Waals surface area contributed by atoms with Gasteiger partial charge in [-0.3, -0.25) is 0 Å². The highest BCUT2D eigenvalue weighted by molar-refractivity contribution is 5.94. The van der Waals surface area contributed by atoms with E-state index in [0.29, 0.717) is 22.4 Å². The Morgan fingerprint density at radius 3 is 3.16 bits per heavy atom. The fraction of sp³-hybridized carbons (Fsp3) is 0.417. The molecule has 1 saturated heterocycles. The van der Waals surface area contributed by atoms with E-state index in [4.69, 9.17) is 11.0 Å². The standard InChI is InChI=1S/C12H14N6O/c13-4-7-5-15-10-9(7)11(17-12(14)16-10)18-3-1-2-8(18)6-19/h5,8,19H,1-3,6H2,(H3,14,15,16,17)/t8-/m1/s1. The highest BCUT2D eigenvalue weighted by Crippen LogP contribution is 2.32. The molecule has 0 radical (unpaired) electrons. The van der Waals surface area contributed by atoms with E-state index in [2.05, 4.69) is 21.0 Å². The molecule has 98 valence electrons. The van der Waals surface area contributed by atoms with E-state index in [9.17, 15) is 5.11 Å². The minimum atomic E-state index is 0.0268. The van der Waals surface area contributed by atoms with Crippen molar-refractivity contribution < 1.29 is 5.11 Å². The number of rotatable bonds is 2. The van der Waals surface area contributed by atoms with Gasteiger partial charge in [0.25, 0.3) is 0 Å². The van der Waals surface area contributed by atoms with Gasteiger partial charge in [-0.2, -0.15) is 15.2 Å². The Morgan fingerprint density at radius 2 is 2.42 bits per heavy atom. The number of aliphatic hydroxyl groups excluding tert-OH is 1. The van der Waals surface area contributed by atoms with Crippen LogP contribution in [0.2, 0.25) is 0 Å². The molecule has 1 atom stereocenters. The summed E-state index contributed by atoms with van der Waals surface area (Å²) in [5.41, 5.74) is 6.77. The molecule has 0 bridgehead atoms. The Hall–Kier alpha value is -2.33. The van der Waals surface area contributed by atoms with Gasteiger partial charge in [0.15, 0.2) is 0 Å². The minimum absolute atomic E-state index is 0.0268. The molecule has 7 heteroatoms. The van der Waals surface area contributed by atoms with Crippen LogP contribution in [0.4, 0.5) is 11.8 Å². The molecule has 1 aliphatic rings. The van der Waals surface area contributed by atoms with Crippen LogP contribution in [0.25, 0.3) is 11.0 Å². The summed E-state index contributed by atoms with van der Waals surface area (Å²) in [6.07, 6.45) is 3.50. The van der Waals surface area contributed by atoms with Crippen LogP contribution in [-0.2, 0) is 0 Å². The number of nitrogens with one attached hydrogen (secondary N) is 1. The van der Waals surface area contributed by atoms with Crippen molar-refractivity contribution in [2.24, 2.45) is 0 Å². The third-order valence-corrected chi connectivity index (χ3v) is 3.51. The fourth-order valence-corrected chi connectivity index (χ4v) is 2.63. The molecule has 7 nitrogen and oxygen atoms in total. The van der Waals surface area contributed by atoms with E-state index >= 15 is 0 Å². The Morgan fingerprint density at radius 1 is 1.58 bits per heavy atom. The number of nitriles is 1. The topological polar surface area (TPSA) is 115 Å². The molecule has 3 heterocycles. The first-order valence-electron chi connectivity index (χ1n) is 6.16. The van der Waals surface area contributed by atoms with Crippen molar-refractivity contribution in [2.45, 2.75) is 18.9 Å². The second kappa shape index (κ2) is 4.40. The average molecular weight is 258 g/mol. The predicted molar refractivity (Wildman–Crippen MR) is 70.5 cm³/mol. The molecule has 0 unspecified atom stereocenters. The van der Waals surface area contributed by atoms with E-state index in [1.807, 2.05) is 4.90 Å².